The van der Waals surface area contributed by atoms with E-state index in [1.54, 1.807) is 10.9 Å². The smallest absolute Gasteiger partial charge is 0.340 e. The molecule has 0 saturated carbocycles. The average molecular weight is 304 g/mol. The van der Waals surface area contributed by atoms with Gasteiger partial charge in [0.1, 0.15) is 0 Å². The number of nitrogens with zero attached hydrogens (tertiary/aromatic N) is 4. The van der Waals surface area contributed by atoms with Crippen LogP contribution >= 0.6 is 18.1 Å². The van der Waals surface area contributed by atoms with Crippen molar-refractivity contribution in [2.45, 2.75) is 27.2 Å². The number of hydrogen-bond acceptors (Lipinski definition) is 5. The van der Waals surface area contributed by atoms with Gasteiger partial charge in [0.25, 0.3) is 0 Å². The number of hydrogen-bond donors (Lipinski definition) is 0. The van der Waals surface area contributed by atoms with Gasteiger partial charge in [0.15, 0.2) is 0 Å². The van der Waals surface area contributed by atoms with Crippen LogP contribution in [0, 0.1) is 11.5 Å². The molecule has 1 saturated heterocycles. The lowest BCUT2D eigenvalue weighted by atomic mass is 10.6. The molecule has 108 valence electrons. The molecule has 1 aliphatic heterocycles. The third-order valence-corrected chi connectivity index (χ3v) is 7.58. The van der Waals surface area contributed by atoms with Crippen LogP contribution in [0.2, 0.25) is 0 Å². The van der Waals surface area contributed by atoms with Crippen LogP contribution in [0.15, 0.2) is 4.99 Å². The van der Waals surface area contributed by atoms with E-state index in [-0.39, 0.29) is 0 Å². The van der Waals surface area contributed by atoms with Crippen LogP contribution < -0.4 is 0 Å². The zero-order chi connectivity index (χ0) is 14.3. The Bertz CT molecular complexity index is 410. The molecular formula is C11H21N4O2PS. The highest BCUT2D eigenvalue weighted by molar-refractivity contribution is 8.56. The Morgan fingerprint density at radius 2 is 2.21 bits per heavy atom. The Labute approximate surface area is 119 Å². The third kappa shape index (κ3) is 3.88. The second kappa shape index (κ2) is 7.78. The number of nitriles is 1. The fraction of sp³-hybridized carbons (Fsp3) is 0.818. The molecule has 1 unspecified atom stereocenters. The van der Waals surface area contributed by atoms with E-state index in [4.69, 9.17) is 9.79 Å². The van der Waals surface area contributed by atoms with Crippen LogP contribution in [0.5, 0.6) is 0 Å². The zero-order valence-electron chi connectivity index (χ0n) is 11.7. The molecule has 19 heavy (non-hydrogen) atoms. The SMILES string of the molecule is CCCSP(=O)(OCC)N1CCN(CC)C1=NC#N. The summed E-state index contributed by atoms with van der Waals surface area (Å²) in [5, 5.41) is 8.80. The Morgan fingerprint density at radius 1 is 1.47 bits per heavy atom. The molecular weight excluding hydrogens is 283 g/mol. The first kappa shape index (κ1) is 16.4. The first-order chi connectivity index (χ1) is 9.12. The van der Waals surface area contributed by atoms with Gasteiger partial charge in [-0.1, -0.05) is 6.92 Å². The highest BCUT2D eigenvalue weighted by Gasteiger charge is 2.40. The van der Waals surface area contributed by atoms with E-state index in [0.717, 1.165) is 25.3 Å². The van der Waals surface area contributed by atoms with E-state index in [0.29, 0.717) is 19.1 Å². The molecule has 0 aromatic rings. The highest BCUT2D eigenvalue weighted by Crippen LogP contribution is 2.63. The molecule has 6 nitrogen and oxygen atoms in total. The molecule has 1 fully saturated rings. The van der Waals surface area contributed by atoms with E-state index < -0.39 is 6.72 Å². The molecule has 0 bridgehead atoms. The zero-order valence-corrected chi connectivity index (χ0v) is 13.4. The van der Waals surface area contributed by atoms with Crippen molar-refractivity contribution in [1.82, 2.24) is 9.57 Å². The van der Waals surface area contributed by atoms with Crippen molar-refractivity contribution in [3.05, 3.63) is 0 Å². The highest BCUT2D eigenvalue weighted by atomic mass is 32.7. The standard InChI is InChI=1S/C11H21N4O2PS/c1-4-9-19-18(16,17-6-3)15-8-7-14(5-2)11(15)13-10-12/h4-9H2,1-3H3. The van der Waals surface area contributed by atoms with Crippen molar-refractivity contribution >= 4 is 24.1 Å². The van der Waals surface area contributed by atoms with Gasteiger partial charge in [-0.3, -0.25) is 9.24 Å². The van der Waals surface area contributed by atoms with Crippen molar-refractivity contribution < 1.29 is 9.09 Å². The first-order valence-corrected chi connectivity index (χ1v) is 9.68. The molecule has 0 aromatic carbocycles. The fourth-order valence-corrected chi connectivity index (χ4v) is 6.31. The number of guanidine groups is 1. The molecule has 1 aliphatic rings. The minimum atomic E-state index is -2.99. The lowest BCUT2D eigenvalue weighted by Crippen LogP contribution is -2.31. The van der Waals surface area contributed by atoms with Crippen molar-refractivity contribution in [2.75, 3.05) is 32.0 Å². The van der Waals surface area contributed by atoms with Crippen LogP contribution in [-0.2, 0) is 9.09 Å². The van der Waals surface area contributed by atoms with Gasteiger partial charge in [-0.25, -0.2) is 0 Å². The van der Waals surface area contributed by atoms with Crippen molar-refractivity contribution in [2.24, 2.45) is 4.99 Å². The molecule has 0 radical (unpaired) electrons. The Balaban J connectivity index is 2.99. The van der Waals surface area contributed by atoms with Crippen molar-refractivity contribution in [3.8, 4) is 6.19 Å². The molecule has 0 aromatic heterocycles. The monoisotopic (exact) mass is 304 g/mol. The van der Waals surface area contributed by atoms with Gasteiger partial charge in [0.2, 0.25) is 12.2 Å². The van der Waals surface area contributed by atoms with Crippen LogP contribution in [-0.4, -0.2) is 47.5 Å². The Morgan fingerprint density at radius 3 is 2.74 bits per heavy atom. The van der Waals surface area contributed by atoms with Crippen LogP contribution in [0.3, 0.4) is 0 Å². The summed E-state index contributed by atoms with van der Waals surface area (Å²) in [6, 6.07) is 0. The fourth-order valence-electron chi connectivity index (χ4n) is 1.83. The van der Waals surface area contributed by atoms with Gasteiger partial charge in [-0.15, -0.1) is 4.99 Å². The predicted octanol–water partition coefficient (Wildman–Crippen LogP) is 2.75. The molecule has 1 rings (SSSR count). The van der Waals surface area contributed by atoms with E-state index in [1.807, 2.05) is 25.7 Å². The summed E-state index contributed by atoms with van der Waals surface area (Å²) in [7, 11) is 0. The lowest BCUT2D eigenvalue weighted by Gasteiger charge is -2.28. The van der Waals surface area contributed by atoms with E-state index in [1.165, 1.54) is 11.4 Å². The number of aliphatic imine (C=N–C) groups is 1. The van der Waals surface area contributed by atoms with Gasteiger partial charge in [0, 0.05) is 25.4 Å². The van der Waals surface area contributed by atoms with Gasteiger partial charge in [-0.05, 0) is 31.7 Å². The third-order valence-electron chi connectivity index (χ3n) is 2.67. The Kier molecular flexibility index (Phi) is 6.70. The van der Waals surface area contributed by atoms with Gasteiger partial charge in [0.05, 0.1) is 6.61 Å². The van der Waals surface area contributed by atoms with Crippen LogP contribution in [0.25, 0.3) is 0 Å². The number of rotatable bonds is 7. The maximum Gasteiger partial charge on any atom is 0.355 e. The predicted molar refractivity (Wildman–Crippen MR) is 79.0 cm³/mol. The van der Waals surface area contributed by atoms with E-state index in [2.05, 4.69) is 4.99 Å². The summed E-state index contributed by atoms with van der Waals surface area (Å²) in [6.45, 7) is 5.29. The van der Waals surface area contributed by atoms with E-state index >= 15 is 0 Å². The molecule has 8 heteroatoms. The summed E-state index contributed by atoms with van der Waals surface area (Å²) in [5.74, 6) is 1.24. The Hall–Kier alpha value is -0.700. The average Bonchev–Trinajstić information content (AvgIpc) is 2.81. The van der Waals surface area contributed by atoms with Crippen LogP contribution in [0.4, 0.5) is 0 Å². The number of likely N-dealkylation sites (N-methyl/N-ethyl adjacent to an activating group) is 1. The summed E-state index contributed by atoms with van der Waals surface area (Å²) in [5.41, 5.74) is 0. The van der Waals surface area contributed by atoms with E-state index in [9.17, 15) is 4.57 Å². The van der Waals surface area contributed by atoms with Gasteiger partial charge in [-0.2, -0.15) is 5.26 Å². The molecule has 0 aliphatic carbocycles. The van der Waals surface area contributed by atoms with Crippen LogP contribution in [0.1, 0.15) is 27.2 Å². The molecule has 1 heterocycles. The molecule has 0 amide bonds. The largest absolute Gasteiger partial charge is 0.355 e. The lowest BCUT2D eigenvalue weighted by molar-refractivity contribution is 0.320. The normalized spacial score (nSPS) is 20.6. The van der Waals surface area contributed by atoms with Crippen molar-refractivity contribution in [3.63, 3.8) is 0 Å². The molecule has 0 spiro atoms. The summed E-state index contributed by atoms with van der Waals surface area (Å²) in [4.78, 5) is 5.77. The minimum Gasteiger partial charge on any atom is -0.340 e. The minimum absolute atomic E-state index is 0.385. The summed E-state index contributed by atoms with van der Waals surface area (Å²) >= 11 is 1.33. The first-order valence-electron chi connectivity index (χ1n) is 6.51. The quantitative estimate of drug-likeness (QED) is 0.532. The topological polar surface area (TPSA) is 68.9 Å². The summed E-state index contributed by atoms with van der Waals surface area (Å²) in [6.07, 6.45) is 2.72. The molecule has 0 N–H and O–H groups in total. The molecule has 1 atom stereocenters. The second-order valence-corrected chi connectivity index (χ2v) is 8.44. The second-order valence-electron chi connectivity index (χ2n) is 3.93. The van der Waals surface area contributed by atoms with Crippen molar-refractivity contribution in [1.29, 1.82) is 5.26 Å². The van der Waals surface area contributed by atoms with Gasteiger partial charge >= 0.3 is 6.72 Å². The maximum absolute atomic E-state index is 13.0. The summed E-state index contributed by atoms with van der Waals surface area (Å²) < 4.78 is 20.2. The maximum atomic E-state index is 13.0. The van der Waals surface area contributed by atoms with Gasteiger partial charge < -0.3 is 9.42 Å².